The van der Waals surface area contributed by atoms with E-state index in [0.717, 1.165) is 24.8 Å². The third-order valence-electron chi connectivity index (χ3n) is 4.23. The molecule has 1 aliphatic carbocycles. The zero-order valence-corrected chi connectivity index (χ0v) is 11.0. The Kier molecular flexibility index (Phi) is 2.90. The first kappa shape index (κ1) is 12.4. The maximum Gasteiger partial charge on any atom is 0.236 e. The molecule has 1 aliphatic heterocycles. The van der Waals surface area contributed by atoms with Gasteiger partial charge in [-0.15, -0.1) is 0 Å². The van der Waals surface area contributed by atoms with Gasteiger partial charge in [0.15, 0.2) is 0 Å². The molecule has 4 nitrogen and oxygen atoms in total. The lowest BCUT2D eigenvalue weighted by atomic mass is 9.96. The van der Waals surface area contributed by atoms with Crippen molar-refractivity contribution < 1.29 is 9.59 Å². The normalized spacial score (nSPS) is 27.8. The third-order valence-corrected chi connectivity index (χ3v) is 4.23. The second-order valence-electron chi connectivity index (χ2n) is 5.60. The molecule has 2 amide bonds. The van der Waals surface area contributed by atoms with Gasteiger partial charge in [-0.3, -0.25) is 14.5 Å². The summed E-state index contributed by atoms with van der Waals surface area (Å²) < 4.78 is 0. The van der Waals surface area contributed by atoms with Crippen LogP contribution in [0.2, 0.25) is 0 Å². The Bertz CT molecular complexity index is 517. The lowest BCUT2D eigenvalue weighted by molar-refractivity contribution is -0.132. The molecule has 3 unspecified atom stereocenters. The summed E-state index contributed by atoms with van der Waals surface area (Å²) in [5, 5.41) is 0. The van der Waals surface area contributed by atoms with Crippen molar-refractivity contribution >= 4 is 17.5 Å². The number of hydrogen-bond acceptors (Lipinski definition) is 3. The first-order valence-corrected chi connectivity index (χ1v) is 6.81. The molecule has 2 bridgehead atoms. The third kappa shape index (κ3) is 1.96. The van der Waals surface area contributed by atoms with Gasteiger partial charge in [-0.25, -0.2) is 0 Å². The predicted octanol–water partition coefficient (Wildman–Crippen LogP) is 2.00. The number of benzene rings is 1. The van der Waals surface area contributed by atoms with E-state index in [1.165, 1.54) is 4.90 Å². The van der Waals surface area contributed by atoms with Crippen LogP contribution in [0.4, 0.5) is 5.69 Å². The summed E-state index contributed by atoms with van der Waals surface area (Å²) in [5.74, 6) is -0.0236. The Labute approximate surface area is 112 Å². The van der Waals surface area contributed by atoms with E-state index in [1.807, 2.05) is 31.2 Å². The van der Waals surface area contributed by atoms with Gasteiger partial charge in [-0.05, 0) is 43.9 Å². The van der Waals surface area contributed by atoms with Crippen molar-refractivity contribution in [1.82, 2.24) is 0 Å². The predicted molar refractivity (Wildman–Crippen MR) is 72.4 cm³/mol. The van der Waals surface area contributed by atoms with Crippen LogP contribution in [-0.4, -0.2) is 11.8 Å². The molecule has 4 heteroatoms. The zero-order chi connectivity index (χ0) is 13.6. The van der Waals surface area contributed by atoms with E-state index in [9.17, 15) is 9.59 Å². The molecule has 0 spiro atoms. The Morgan fingerprint density at radius 3 is 2.42 bits per heavy atom. The average molecular weight is 258 g/mol. The summed E-state index contributed by atoms with van der Waals surface area (Å²) in [4.78, 5) is 26.1. The average Bonchev–Trinajstić information content (AvgIpc) is 2.84. The monoisotopic (exact) mass is 258 g/mol. The number of anilines is 1. The number of rotatable bonds is 2. The molecular formula is C15H18N2O2. The van der Waals surface area contributed by atoms with Crippen molar-refractivity contribution in [3.8, 4) is 0 Å². The number of carbonyl (C=O) groups excluding carboxylic acids is 2. The molecule has 1 heterocycles. The molecule has 1 saturated carbocycles. The smallest absolute Gasteiger partial charge is 0.236 e. The molecule has 100 valence electrons. The quantitative estimate of drug-likeness (QED) is 0.825. The van der Waals surface area contributed by atoms with Gasteiger partial charge < -0.3 is 5.73 Å². The summed E-state index contributed by atoms with van der Waals surface area (Å²) in [5.41, 5.74) is 7.47. The lowest BCUT2D eigenvalue weighted by Gasteiger charge is -2.30. The second kappa shape index (κ2) is 4.46. The zero-order valence-electron chi connectivity index (χ0n) is 11.0. The fourth-order valence-electron chi connectivity index (χ4n) is 3.11. The molecule has 2 aliphatic rings. The number of nitrogens with two attached hydrogens (primary N) is 1. The van der Waals surface area contributed by atoms with E-state index in [4.69, 9.17) is 5.73 Å². The van der Waals surface area contributed by atoms with Crippen LogP contribution >= 0.6 is 0 Å². The fraction of sp³-hybridized carbons (Fsp3) is 0.467. The van der Waals surface area contributed by atoms with Gasteiger partial charge in [-0.2, -0.15) is 0 Å². The molecular weight excluding hydrogens is 240 g/mol. The Morgan fingerprint density at radius 2 is 1.84 bits per heavy atom. The number of amides is 2. The minimum absolute atomic E-state index is 0.0293. The summed E-state index contributed by atoms with van der Waals surface area (Å²) in [6.45, 7) is 1.89. The molecule has 1 aromatic rings. The van der Waals surface area contributed by atoms with Gasteiger partial charge in [0.25, 0.3) is 0 Å². The molecule has 0 radical (unpaired) electrons. The Hall–Kier alpha value is -1.68. The molecule has 3 rings (SSSR count). The van der Waals surface area contributed by atoms with Crippen molar-refractivity contribution in [2.75, 3.05) is 4.90 Å². The molecule has 2 fully saturated rings. The number of carbonyl (C=O) groups is 2. The number of fused-ring (bicyclic) bond motifs is 2. The topological polar surface area (TPSA) is 63.4 Å². The molecule has 1 saturated heterocycles. The van der Waals surface area contributed by atoms with Crippen LogP contribution < -0.4 is 10.6 Å². The number of piperidine rings is 1. The van der Waals surface area contributed by atoms with E-state index in [2.05, 4.69) is 0 Å². The van der Waals surface area contributed by atoms with Gasteiger partial charge >= 0.3 is 0 Å². The number of imide groups is 1. The van der Waals surface area contributed by atoms with Gasteiger partial charge in [0.1, 0.15) is 0 Å². The Balaban J connectivity index is 1.99. The van der Waals surface area contributed by atoms with Gasteiger partial charge in [0.05, 0.1) is 5.69 Å². The molecule has 0 aromatic heterocycles. The first-order valence-electron chi connectivity index (χ1n) is 6.81. The van der Waals surface area contributed by atoms with E-state index in [1.54, 1.807) is 0 Å². The van der Waals surface area contributed by atoms with Gasteiger partial charge in [0.2, 0.25) is 11.8 Å². The second-order valence-corrected chi connectivity index (χ2v) is 5.60. The van der Waals surface area contributed by atoms with Crippen LogP contribution in [0.15, 0.2) is 24.3 Å². The van der Waals surface area contributed by atoms with Crippen molar-refractivity contribution in [1.29, 1.82) is 0 Å². The highest BCUT2D eigenvalue weighted by molar-refractivity contribution is 6.18. The Morgan fingerprint density at radius 1 is 1.21 bits per heavy atom. The van der Waals surface area contributed by atoms with E-state index in [-0.39, 0.29) is 29.7 Å². The van der Waals surface area contributed by atoms with Crippen LogP contribution in [0.5, 0.6) is 0 Å². The first-order chi connectivity index (χ1) is 9.08. The van der Waals surface area contributed by atoms with Gasteiger partial charge in [0, 0.05) is 17.9 Å². The molecule has 2 N–H and O–H groups in total. The highest BCUT2D eigenvalue weighted by Gasteiger charge is 2.45. The molecule has 1 aromatic carbocycles. The van der Waals surface area contributed by atoms with Crippen molar-refractivity contribution in [3.05, 3.63) is 29.8 Å². The maximum atomic E-state index is 12.3. The van der Waals surface area contributed by atoms with E-state index >= 15 is 0 Å². The molecule has 19 heavy (non-hydrogen) atoms. The fourth-order valence-corrected chi connectivity index (χ4v) is 3.11. The van der Waals surface area contributed by atoms with Crippen LogP contribution in [-0.2, 0) is 9.59 Å². The number of nitrogens with zero attached hydrogens (tertiary/aromatic N) is 1. The summed E-state index contributed by atoms with van der Waals surface area (Å²) in [6.07, 6.45) is 2.43. The summed E-state index contributed by atoms with van der Waals surface area (Å²) in [6, 6.07) is 7.33. The highest BCUT2D eigenvalue weighted by Crippen LogP contribution is 2.40. The SMILES string of the molecule is CC(N)c1cccc(N2C(=O)C3CCC(C3)C2=O)c1. The minimum atomic E-state index is -0.105. The largest absolute Gasteiger partial charge is 0.324 e. The van der Waals surface area contributed by atoms with Crippen LogP contribution in [0, 0.1) is 11.8 Å². The van der Waals surface area contributed by atoms with E-state index in [0.29, 0.717) is 5.69 Å². The number of hydrogen-bond donors (Lipinski definition) is 1. The summed E-state index contributed by atoms with van der Waals surface area (Å²) in [7, 11) is 0. The van der Waals surface area contributed by atoms with Crippen molar-refractivity contribution in [3.63, 3.8) is 0 Å². The van der Waals surface area contributed by atoms with Crippen LogP contribution in [0.3, 0.4) is 0 Å². The minimum Gasteiger partial charge on any atom is -0.324 e. The lowest BCUT2D eigenvalue weighted by Crippen LogP contribution is -2.46. The summed E-state index contributed by atoms with van der Waals surface area (Å²) >= 11 is 0. The molecule has 3 atom stereocenters. The van der Waals surface area contributed by atoms with Crippen molar-refractivity contribution in [2.24, 2.45) is 17.6 Å². The van der Waals surface area contributed by atoms with Gasteiger partial charge in [-0.1, -0.05) is 12.1 Å². The highest BCUT2D eigenvalue weighted by atomic mass is 16.2. The van der Waals surface area contributed by atoms with Crippen LogP contribution in [0.1, 0.15) is 37.8 Å². The standard InChI is InChI=1S/C15H18N2O2/c1-9(16)10-3-2-4-13(8-10)17-14(18)11-5-6-12(7-11)15(17)19/h2-4,8-9,11-12H,5-7,16H2,1H3. The van der Waals surface area contributed by atoms with Crippen molar-refractivity contribution in [2.45, 2.75) is 32.2 Å². The van der Waals surface area contributed by atoms with Crippen LogP contribution in [0.25, 0.3) is 0 Å². The van der Waals surface area contributed by atoms with E-state index < -0.39 is 0 Å². The maximum absolute atomic E-state index is 12.3.